The minimum absolute atomic E-state index is 0.109. The van der Waals surface area contributed by atoms with Crippen LogP contribution < -0.4 is 5.32 Å². The third kappa shape index (κ3) is 4.27. The van der Waals surface area contributed by atoms with Crippen LogP contribution in [0.2, 0.25) is 0 Å². The molecule has 1 saturated heterocycles. The molecule has 0 radical (unpaired) electrons. The molecular weight excluding hydrogens is 348 g/mol. The average Bonchev–Trinajstić information content (AvgIpc) is 3.35. The molecule has 2 aromatic heterocycles. The Bertz CT molecular complexity index is 701. The Morgan fingerprint density at radius 3 is 2.77 bits per heavy atom. The number of piperazine rings is 1. The molecule has 1 saturated carbocycles. The average molecular weight is 375 g/mol. The molecule has 1 aliphatic heterocycles. The topological polar surface area (TPSA) is 61.6 Å². The maximum atomic E-state index is 12.4. The van der Waals surface area contributed by atoms with E-state index < -0.39 is 0 Å². The van der Waals surface area contributed by atoms with Gasteiger partial charge in [0.25, 0.3) is 0 Å². The Morgan fingerprint density at radius 2 is 2.04 bits per heavy atom. The fraction of sp³-hybridized carbons (Fsp3) is 0.579. The van der Waals surface area contributed by atoms with Crippen molar-refractivity contribution >= 4 is 17.4 Å². The first-order chi connectivity index (χ1) is 12.8. The van der Waals surface area contributed by atoms with Crippen LogP contribution in [0.15, 0.2) is 28.1 Å². The lowest BCUT2D eigenvalue weighted by Crippen LogP contribution is -2.53. The molecule has 26 heavy (non-hydrogen) atoms. The van der Waals surface area contributed by atoms with Crippen LogP contribution in [0.3, 0.4) is 0 Å². The van der Waals surface area contributed by atoms with Crippen molar-refractivity contribution in [1.82, 2.24) is 20.3 Å². The predicted molar refractivity (Wildman–Crippen MR) is 102 cm³/mol. The predicted octanol–water partition coefficient (Wildman–Crippen LogP) is 3.56. The van der Waals surface area contributed by atoms with E-state index in [1.807, 2.05) is 28.5 Å². The highest BCUT2D eigenvalue weighted by molar-refractivity contribution is 7.13. The molecule has 0 atom stereocenters. The summed E-state index contributed by atoms with van der Waals surface area (Å²) in [5, 5.41) is 9.45. The molecule has 0 bridgehead atoms. The quantitative estimate of drug-likeness (QED) is 0.889. The van der Waals surface area contributed by atoms with Gasteiger partial charge >= 0.3 is 6.03 Å². The van der Waals surface area contributed by atoms with Crippen LogP contribution >= 0.6 is 11.3 Å². The summed E-state index contributed by atoms with van der Waals surface area (Å²) in [6.07, 6.45) is 6.05. The van der Waals surface area contributed by atoms with Crippen LogP contribution in [0.5, 0.6) is 0 Å². The highest BCUT2D eigenvalue weighted by atomic mass is 32.1. The van der Waals surface area contributed by atoms with Crippen LogP contribution in [-0.2, 0) is 6.54 Å². The van der Waals surface area contributed by atoms with Gasteiger partial charge in [0.15, 0.2) is 5.76 Å². The van der Waals surface area contributed by atoms with Gasteiger partial charge < -0.3 is 14.7 Å². The van der Waals surface area contributed by atoms with Gasteiger partial charge in [0, 0.05) is 44.8 Å². The van der Waals surface area contributed by atoms with Crippen LogP contribution in [0.4, 0.5) is 4.79 Å². The van der Waals surface area contributed by atoms with Gasteiger partial charge in [-0.05, 0) is 24.3 Å². The van der Waals surface area contributed by atoms with Crippen molar-refractivity contribution in [3.63, 3.8) is 0 Å². The van der Waals surface area contributed by atoms with E-state index in [2.05, 4.69) is 15.4 Å². The van der Waals surface area contributed by atoms with Crippen LogP contribution in [-0.4, -0.2) is 53.2 Å². The summed E-state index contributed by atoms with van der Waals surface area (Å²) in [6.45, 7) is 4.06. The number of hydrogen-bond acceptors (Lipinski definition) is 5. The van der Waals surface area contributed by atoms with Crippen molar-refractivity contribution < 1.29 is 9.32 Å². The highest BCUT2D eigenvalue weighted by Crippen LogP contribution is 2.25. The number of hydrogen-bond donors (Lipinski definition) is 1. The van der Waals surface area contributed by atoms with Crippen molar-refractivity contribution in [2.75, 3.05) is 26.2 Å². The largest absolute Gasteiger partial charge is 0.355 e. The van der Waals surface area contributed by atoms with E-state index >= 15 is 0 Å². The van der Waals surface area contributed by atoms with E-state index in [1.165, 1.54) is 19.3 Å². The first kappa shape index (κ1) is 17.5. The summed E-state index contributed by atoms with van der Waals surface area (Å²) >= 11 is 1.65. The number of amides is 2. The lowest BCUT2D eigenvalue weighted by Gasteiger charge is -2.35. The zero-order chi connectivity index (χ0) is 17.8. The van der Waals surface area contributed by atoms with Gasteiger partial charge in [0.05, 0.1) is 10.6 Å². The third-order valence-electron chi connectivity index (χ3n) is 5.30. The molecular formula is C19H26N4O2S. The second-order valence-corrected chi connectivity index (χ2v) is 8.16. The Morgan fingerprint density at radius 1 is 1.23 bits per heavy atom. The fourth-order valence-corrected chi connectivity index (χ4v) is 4.45. The van der Waals surface area contributed by atoms with Gasteiger partial charge in [0.1, 0.15) is 0 Å². The Balaban J connectivity index is 1.24. The van der Waals surface area contributed by atoms with Gasteiger partial charge in [-0.15, -0.1) is 11.3 Å². The SMILES string of the molecule is O=C(NC1CCCCC1)N1CCN(Cc2cc(-c3cccs3)on2)CC1. The molecule has 0 spiro atoms. The number of rotatable bonds is 4. The lowest BCUT2D eigenvalue weighted by molar-refractivity contribution is 0.130. The van der Waals surface area contributed by atoms with E-state index in [4.69, 9.17) is 4.52 Å². The minimum Gasteiger partial charge on any atom is -0.355 e. The number of thiophene rings is 1. The normalized spacial score (nSPS) is 19.6. The summed E-state index contributed by atoms with van der Waals surface area (Å²) in [6, 6.07) is 6.56. The van der Waals surface area contributed by atoms with Crippen LogP contribution in [0.25, 0.3) is 10.6 Å². The third-order valence-corrected chi connectivity index (χ3v) is 6.19. The molecule has 6 nitrogen and oxygen atoms in total. The fourth-order valence-electron chi connectivity index (χ4n) is 3.77. The summed E-state index contributed by atoms with van der Waals surface area (Å²) in [5.74, 6) is 0.834. The first-order valence-electron chi connectivity index (χ1n) is 9.55. The van der Waals surface area contributed by atoms with Gasteiger partial charge in [-0.25, -0.2) is 4.79 Å². The van der Waals surface area contributed by atoms with Crippen molar-refractivity contribution in [3.05, 3.63) is 29.3 Å². The molecule has 2 aromatic rings. The second-order valence-electron chi connectivity index (χ2n) is 7.21. The number of carbonyl (C=O) groups excluding carboxylic acids is 1. The van der Waals surface area contributed by atoms with Gasteiger partial charge in [-0.1, -0.05) is 30.5 Å². The zero-order valence-electron chi connectivity index (χ0n) is 15.0. The molecule has 2 fully saturated rings. The molecule has 0 unspecified atom stereocenters. The van der Waals surface area contributed by atoms with E-state index in [-0.39, 0.29) is 6.03 Å². The smallest absolute Gasteiger partial charge is 0.317 e. The van der Waals surface area contributed by atoms with Crippen LogP contribution in [0, 0.1) is 0 Å². The number of carbonyl (C=O) groups is 1. The molecule has 3 heterocycles. The maximum absolute atomic E-state index is 12.4. The van der Waals surface area contributed by atoms with Crippen molar-refractivity contribution in [1.29, 1.82) is 0 Å². The highest BCUT2D eigenvalue weighted by Gasteiger charge is 2.24. The Hall–Kier alpha value is -1.86. The molecule has 1 aliphatic carbocycles. The van der Waals surface area contributed by atoms with Gasteiger partial charge in [-0.2, -0.15) is 0 Å². The lowest BCUT2D eigenvalue weighted by atomic mass is 9.96. The van der Waals surface area contributed by atoms with Crippen molar-refractivity contribution in [3.8, 4) is 10.6 Å². The standard InChI is InChI=1S/C19H26N4O2S/c24-19(20-15-5-2-1-3-6-15)23-10-8-22(9-11-23)14-16-13-17(25-21-16)18-7-4-12-26-18/h4,7,12-13,15H,1-3,5-6,8-11,14H2,(H,20,24). The monoisotopic (exact) mass is 374 g/mol. The summed E-state index contributed by atoms with van der Waals surface area (Å²) in [7, 11) is 0. The molecule has 2 aliphatic rings. The second kappa shape index (κ2) is 8.22. The maximum Gasteiger partial charge on any atom is 0.317 e. The van der Waals surface area contributed by atoms with E-state index in [1.54, 1.807) is 11.3 Å². The number of urea groups is 1. The molecule has 7 heteroatoms. The minimum atomic E-state index is 0.109. The van der Waals surface area contributed by atoms with E-state index in [9.17, 15) is 4.79 Å². The molecule has 0 aromatic carbocycles. The van der Waals surface area contributed by atoms with E-state index in [0.717, 1.165) is 61.9 Å². The molecule has 2 amide bonds. The summed E-state index contributed by atoms with van der Waals surface area (Å²) < 4.78 is 5.45. The zero-order valence-corrected chi connectivity index (χ0v) is 15.8. The number of aromatic nitrogens is 1. The first-order valence-corrected chi connectivity index (χ1v) is 10.4. The Kier molecular flexibility index (Phi) is 5.55. The Labute approximate surface area is 158 Å². The van der Waals surface area contributed by atoms with Crippen molar-refractivity contribution in [2.24, 2.45) is 0 Å². The molecule has 4 rings (SSSR count). The molecule has 140 valence electrons. The summed E-state index contributed by atoms with van der Waals surface area (Å²) in [5.41, 5.74) is 0.952. The van der Waals surface area contributed by atoms with Gasteiger partial charge in [-0.3, -0.25) is 4.90 Å². The van der Waals surface area contributed by atoms with Crippen LogP contribution in [0.1, 0.15) is 37.8 Å². The van der Waals surface area contributed by atoms with Gasteiger partial charge in [0.2, 0.25) is 0 Å². The van der Waals surface area contributed by atoms with Crippen molar-refractivity contribution in [2.45, 2.75) is 44.7 Å². The summed E-state index contributed by atoms with van der Waals surface area (Å²) in [4.78, 5) is 17.8. The molecule has 1 N–H and O–H groups in total. The van der Waals surface area contributed by atoms with E-state index in [0.29, 0.717) is 6.04 Å². The number of nitrogens with zero attached hydrogens (tertiary/aromatic N) is 3. The number of nitrogens with one attached hydrogen (secondary N) is 1.